The second-order valence-corrected chi connectivity index (χ2v) is 5.04. The fourth-order valence-electron chi connectivity index (χ4n) is 2.45. The van der Waals surface area contributed by atoms with Crippen molar-refractivity contribution in [3.63, 3.8) is 0 Å². The summed E-state index contributed by atoms with van der Waals surface area (Å²) in [6, 6.07) is 3.13. The van der Waals surface area contributed by atoms with Gasteiger partial charge in [0.2, 0.25) is 0 Å². The van der Waals surface area contributed by atoms with Gasteiger partial charge in [-0.15, -0.1) is 0 Å². The number of nitrogens with one attached hydrogen (secondary N) is 1. The first-order valence-electron chi connectivity index (χ1n) is 6.63. The highest BCUT2D eigenvalue weighted by molar-refractivity contribution is 5.97. The van der Waals surface area contributed by atoms with Crippen molar-refractivity contribution in [1.29, 1.82) is 0 Å². The third-order valence-electron chi connectivity index (χ3n) is 3.59. The van der Waals surface area contributed by atoms with E-state index in [0.29, 0.717) is 0 Å². The van der Waals surface area contributed by atoms with Gasteiger partial charge in [0, 0.05) is 12.1 Å². The number of carbonyl (C=O) groups excluding carboxylic acids is 1. The number of amides is 1. The van der Waals surface area contributed by atoms with E-state index >= 15 is 0 Å². The van der Waals surface area contributed by atoms with Crippen LogP contribution in [0.1, 0.15) is 42.5 Å². The highest BCUT2D eigenvalue weighted by Gasteiger charge is 2.23. The summed E-state index contributed by atoms with van der Waals surface area (Å²) in [5.41, 5.74) is 5.98. The van der Waals surface area contributed by atoms with Crippen LogP contribution in [-0.2, 0) is 0 Å². The SMILES string of the molecule is NC1CCCCCC1NC(=O)c1cc(F)ccc1O. The normalized spacial score (nSPS) is 23.7. The number of phenols is 1. The summed E-state index contributed by atoms with van der Waals surface area (Å²) in [6.45, 7) is 0. The van der Waals surface area contributed by atoms with Crippen LogP contribution in [-0.4, -0.2) is 23.1 Å². The molecule has 1 aromatic rings. The van der Waals surface area contributed by atoms with Crippen LogP contribution in [0, 0.1) is 5.82 Å². The van der Waals surface area contributed by atoms with Crippen molar-refractivity contribution in [3.05, 3.63) is 29.6 Å². The minimum atomic E-state index is -0.548. The second-order valence-electron chi connectivity index (χ2n) is 5.04. The fraction of sp³-hybridized carbons (Fsp3) is 0.500. The Hall–Kier alpha value is -1.62. The lowest BCUT2D eigenvalue weighted by atomic mass is 10.0. The average Bonchev–Trinajstić information content (AvgIpc) is 2.58. The smallest absolute Gasteiger partial charge is 0.255 e. The van der Waals surface area contributed by atoms with Gasteiger partial charge >= 0.3 is 0 Å². The van der Waals surface area contributed by atoms with Crippen molar-refractivity contribution in [3.8, 4) is 5.75 Å². The third kappa shape index (κ3) is 3.44. The molecule has 0 aromatic heterocycles. The molecule has 2 atom stereocenters. The van der Waals surface area contributed by atoms with Gasteiger partial charge in [0.15, 0.2) is 0 Å². The van der Waals surface area contributed by atoms with Crippen LogP contribution in [0.15, 0.2) is 18.2 Å². The lowest BCUT2D eigenvalue weighted by molar-refractivity contribution is 0.0925. The Labute approximate surface area is 111 Å². The highest BCUT2D eigenvalue weighted by atomic mass is 19.1. The Kier molecular flexibility index (Phi) is 4.37. The lowest BCUT2D eigenvalue weighted by Gasteiger charge is -2.22. The molecule has 0 heterocycles. The summed E-state index contributed by atoms with van der Waals surface area (Å²) in [6.07, 6.45) is 4.90. The quantitative estimate of drug-likeness (QED) is 0.716. The molecule has 5 heteroatoms. The molecule has 2 rings (SSSR count). The molecule has 19 heavy (non-hydrogen) atoms. The first-order chi connectivity index (χ1) is 9.08. The van der Waals surface area contributed by atoms with E-state index in [2.05, 4.69) is 5.32 Å². The second kappa shape index (κ2) is 6.02. The third-order valence-corrected chi connectivity index (χ3v) is 3.59. The van der Waals surface area contributed by atoms with E-state index in [1.165, 1.54) is 6.07 Å². The van der Waals surface area contributed by atoms with E-state index in [0.717, 1.165) is 44.2 Å². The number of hydrogen-bond donors (Lipinski definition) is 3. The van der Waals surface area contributed by atoms with E-state index in [1.54, 1.807) is 0 Å². The zero-order valence-corrected chi connectivity index (χ0v) is 10.7. The molecule has 0 saturated heterocycles. The standard InChI is InChI=1S/C14H19FN2O2/c15-9-6-7-13(18)10(8-9)14(19)17-12-5-3-1-2-4-11(12)16/h6-8,11-12,18H,1-5,16H2,(H,17,19). The van der Waals surface area contributed by atoms with Gasteiger partial charge in [0.25, 0.3) is 5.91 Å². The molecule has 0 bridgehead atoms. The lowest BCUT2D eigenvalue weighted by Crippen LogP contribution is -2.46. The van der Waals surface area contributed by atoms with E-state index in [4.69, 9.17) is 5.73 Å². The van der Waals surface area contributed by atoms with Crippen LogP contribution in [0.2, 0.25) is 0 Å². The molecule has 0 aliphatic heterocycles. The molecule has 1 saturated carbocycles. The molecular formula is C14H19FN2O2. The molecule has 104 valence electrons. The van der Waals surface area contributed by atoms with Crippen LogP contribution in [0.4, 0.5) is 4.39 Å². The van der Waals surface area contributed by atoms with Crippen molar-refractivity contribution in [2.24, 2.45) is 5.73 Å². The number of aromatic hydroxyl groups is 1. The molecule has 0 spiro atoms. The molecule has 1 aliphatic rings. The summed E-state index contributed by atoms with van der Waals surface area (Å²) in [5, 5.41) is 12.4. The van der Waals surface area contributed by atoms with Crippen molar-refractivity contribution in [2.45, 2.75) is 44.2 Å². The van der Waals surface area contributed by atoms with Gasteiger partial charge in [-0.25, -0.2) is 4.39 Å². The van der Waals surface area contributed by atoms with Crippen molar-refractivity contribution in [2.75, 3.05) is 0 Å². The summed E-state index contributed by atoms with van der Waals surface area (Å²) < 4.78 is 13.1. The molecule has 4 nitrogen and oxygen atoms in total. The maximum absolute atomic E-state index is 13.1. The number of benzene rings is 1. The largest absolute Gasteiger partial charge is 0.507 e. The number of carbonyl (C=O) groups is 1. The molecule has 1 aliphatic carbocycles. The van der Waals surface area contributed by atoms with Gasteiger partial charge in [0.1, 0.15) is 11.6 Å². The molecule has 4 N–H and O–H groups in total. The van der Waals surface area contributed by atoms with Gasteiger partial charge < -0.3 is 16.2 Å². The number of rotatable bonds is 2. The van der Waals surface area contributed by atoms with Crippen LogP contribution in [0.5, 0.6) is 5.75 Å². The van der Waals surface area contributed by atoms with Crippen LogP contribution >= 0.6 is 0 Å². The number of phenolic OH excluding ortho intramolecular Hbond substituents is 1. The number of hydrogen-bond acceptors (Lipinski definition) is 3. The number of nitrogens with two attached hydrogens (primary N) is 1. The topological polar surface area (TPSA) is 75.3 Å². The van der Waals surface area contributed by atoms with Crippen LogP contribution in [0.3, 0.4) is 0 Å². The minimum Gasteiger partial charge on any atom is -0.507 e. The zero-order valence-electron chi connectivity index (χ0n) is 10.7. The van der Waals surface area contributed by atoms with Crippen molar-refractivity contribution in [1.82, 2.24) is 5.32 Å². The van der Waals surface area contributed by atoms with Gasteiger partial charge in [0.05, 0.1) is 5.56 Å². The minimum absolute atomic E-state index is 0.0450. The van der Waals surface area contributed by atoms with Gasteiger partial charge in [-0.05, 0) is 31.0 Å². The predicted octanol–water partition coefficient (Wildman–Crippen LogP) is 1.92. The van der Waals surface area contributed by atoms with Crippen molar-refractivity contribution >= 4 is 5.91 Å². The fourth-order valence-corrected chi connectivity index (χ4v) is 2.45. The summed E-state index contributed by atoms with van der Waals surface area (Å²) in [4.78, 5) is 12.1. The predicted molar refractivity (Wildman–Crippen MR) is 70.4 cm³/mol. The molecule has 1 fully saturated rings. The first-order valence-corrected chi connectivity index (χ1v) is 6.63. The van der Waals surface area contributed by atoms with Gasteiger partial charge in [-0.2, -0.15) is 0 Å². The highest BCUT2D eigenvalue weighted by Crippen LogP contribution is 2.20. The monoisotopic (exact) mass is 266 g/mol. The Bertz CT molecular complexity index is 465. The first kappa shape index (κ1) is 13.8. The maximum Gasteiger partial charge on any atom is 0.255 e. The Balaban J connectivity index is 2.09. The summed E-state index contributed by atoms with van der Waals surface area (Å²) in [5.74, 6) is -1.24. The zero-order chi connectivity index (χ0) is 13.8. The van der Waals surface area contributed by atoms with Crippen LogP contribution in [0.25, 0.3) is 0 Å². The van der Waals surface area contributed by atoms with Crippen molar-refractivity contribution < 1.29 is 14.3 Å². The Morgan fingerprint density at radius 2 is 2.05 bits per heavy atom. The molecule has 0 radical (unpaired) electrons. The molecule has 1 amide bonds. The summed E-state index contributed by atoms with van der Waals surface area (Å²) >= 11 is 0. The van der Waals surface area contributed by atoms with E-state index < -0.39 is 11.7 Å². The van der Waals surface area contributed by atoms with E-state index in [-0.39, 0.29) is 23.4 Å². The Morgan fingerprint density at radius 3 is 2.84 bits per heavy atom. The van der Waals surface area contributed by atoms with E-state index in [9.17, 15) is 14.3 Å². The van der Waals surface area contributed by atoms with Gasteiger partial charge in [-0.1, -0.05) is 19.3 Å². The maximum atomic E-state index is 13.1. The molecule has 1 aromatic carbocycles. The Morgan fingerprint density at radius 1 is 1.32 bits per heavy atom. The average molecular weight is 266 g/mol. The summed E-state index contributed by atoms with van der Waals surface area (Å²) in [7, 11) is 0. The molecular weight excluding hydrogens is 247 g/mol. The van der Waals surface area contributed by atoms with Gasteiger partial charge in [-0.3, -0.25) is 4.79 Å². The van der Waals surface area contributed by atoms with Crippen LogP contribution < -0.4 is 11.1 Å². The number of halogens is 1. The molecule has 2 unspecified atom stereocenters. The van der Waals surface area contributed by atoms with E-state index in [1.807, 2.05) is 0 Å².